The van der Waals surface area contributed by atoms with Crippen molar-refractivity contribution in [2.45, 2.75) is 6.92 Å². The lowest BCUT2D eigenvalue weighted by molar-refractivity contribution is -0.119. The third-order valence-electron chi connectivity index (χ3n) is 2.91. The number of carbonyl (C=O) groups is 1. The average Bonchev–Trinajstić information content (AvgIpc) is 2.48. The molecule has 0 atom stereocenters. The van der Waals surface area contributed by atoms with Crippen LogP contribution in [0, 0.1) is 12.7 Å². The Hall–Kier alpha value is -1.73. The van der Waals surface area contributed by atoms with Crippen LogP contribution in [-0.4, -0.2) is 18.7 Å². The Kier molecular flexibility index (Phi) is 6.29. The molecule has 4 nitrogen and oxygen atoms in total. The van der Waals surface area contributed by atoms with Crippen LogP contribution in [0.2, 0.25) is 0 Å². The van der Waals surface area contributed by atoms with Gasteiger partial charge in [-0.05, 0) is 62.5 Å². The number of carbonyl (C=O) groups excluding carboxylic acids is 1. The second-order valence-corrected chi connectivity index (χ2v) is 6.48. The number of nitrogens with one attached hydrogen (secondary N) is 2. The zero-order chi connectivity index (χ0) is 16.8. The number of rotatable bonds is 5. The van der Waals surface area contributed by atoms with Gasteiger partial charge >= 0.3 is 0 Å². The highest BCUT2D eigenvalue weighted by Crippen LogP contribution is 2.31. The van der Waals surface area contributed by atoms with Crippen LogP contribution in [-0.2, 0) is 4.79 Å². The molecule has 0 saturated carbocycles. The van der Waals surface area contributed by atoms with Crippen molar-refractivity contribution in [3.63, 3.8) is 0 Å². The summed E-state index contributed by atoms with van der Waals surface area (Å²) in [7, 11) is 0. The van der Waals surface area contributed by atoms with Crippen molar-refractivity contribution in [3.05, 3.63) is 62.3 Å². The minimum atomic E-state index is -0.392. The molecule has 0 fully saturated rings. The van der Waals surface area contributed by atoms with Gasteiger partial charge in [0.1, 0.15) is 5.82 Å². The first-order chi connectivity index (χ1) is 11.0. The van der Waals surface area contributed by atoms with Crippen LogP contribution >= 0.6 is 31.9 Å². The van der Waals surface area contributed by atoms with E-state index in [-0.39, 0.29) is 12.5 Å². The molecule has 2 rings (SSSR count). The summed E-state index contributed by atoms with van der Waals surface area (Å²) >= 11 is 6.89. The molecular formula is C16H14Br2FN3O. The summed E-state index contributed by atoms with van der Waals surface area (Å²) in [6.45, 7) is 2.01. The molecule has 0 aliphatic rings. The first-order valence-electron chi connectivity index (χ1n) is 6.73. The van der Waals surface area contributed by atoms with E-state index in [2.05, 4.69) is 47.7 Å². The molecular weight excluding hydrogens is 429 g/mol. The highest BCUT2D eigenvalue weighted by molar-refractivity contribution is 9.11. The SMILES string of the molecule is Cc1cc(Br)c(NCC(=O)NN=Cc2ccccc2F)c(Br)c1. The molecule has 0 heterocycles. The molecule has 0 unspecified atom stereocenters. The lowest BCUT2D eigenvalue weighted by Gasteiger charge is -2.11. The van der Waals surface area contributed by atoms with Crippen LogP contribution < -0.4 is 10.7 Å². The van der Waals surface area contributed by atoms with E-state index < -0.39 is 5.82 Å². The van der Waals surface area contributed by atoms with Crippen LogP contribution in [0.5, 0.6) is 0 Å². The van der Waals surface area contributed by atoms with Gasteiger partial charge in [-0.15, -0.1) is 0 Å². The van der Waals surface area contributed by atoms with Crippen molar-refractivity contribution in [2.24, 2.45) is 5.10 Å². The van der Waals surface area contributed by atoms with E-state index in [4.69, 9.17) is 0 Å². The van der Waals surface area contributed by atoms with Crippen molar-refractivity contribution < 1.29 is 9.18 Å². The summed E-state index contributed by atoms with van der Waals surface area (Å²) in [4.78, 5) is 11.8. The number of hydrogen-bond acceptors (Lipinski definition) is 3. The van der Waals surface area contributed by atoms with E-state index in [0.717, 1.165) is 20.2 Å². The van der Waals surface area contributed by atoms with Gasteiger partial charge in [0.05, 0.1) is 18.4 Å². The molecule has 7 heteroatoms. The average molecular weight is 443 g/mol. The van der Waals surface area contributed by atoms with E-state index in [1.807, 2.05) is 19.1 Å². The molecule has 0 spiro atoms. The van der Waals surface area contributed by atoms with E-state index >= 15 is 0 Å². The fourth-order valence-corrected chi connectivity index (χ4v) is 3.53. The van der Waals surface area contributed by atoms with Crippen molar-refractivity contribution in [2.75, 3.05) is 11.9 Å². The number of amides is 1. The number of halogens is 3. The molecule has 23 heavy (non-hydrogen) atoms. The quantitative estimate of drug-likeness (QED) is 0.538. The molecule has 2 N–H and O–H groups in total. The highest BCUT2D eigenvalue weighted by Gasteiger charge is 2.08. The van der Waals surface area contributed by atoms with Gasteiger partial charge in [-0.2, -0.15) is 5.10 Å². The molecule has 1 amide bonds. The van der Waals surface area contributed by atoms with Crippen LogP contribution in [0.3, 0.4) is 0 Å². The van der Waals surface area contributed by atoms with Gasteiger partial charge < -0.3 is 5.32 Å². The van der Waals surface area contributed by atoms with Crippen LogP contribution in [0.4, 0.5) is 10.1 Å². The van der Waals surface area contributed by atoms with E-state index in [1.165, 1.54) is 12.3 Å². The van der Waals surface area contributed by atoms with Gasteiger partial charge in [0, 0.05) is 14.5 Å². The lowest BCUT2D eigenvalue weighted by Crippen LogP contribution is -2.26. The molecule has 0 bridgehead atoms. The Labute approximate surface area is 150 Å². The maximum absolute atomic E-state index is 13.4. The van der Waals surface area contributed by atoms with Crippen LogP contribution in [0.15, 0.2) is 50.4 Å². The van der Waals surface area contributed by atoms with Gasteiger partial charge in [-0.25, -0.2) is 9.82 Å². The second kappa shape index (κ2) is 8.21. The summed E-state index contributed by atoms with van der Waals surface area (Å²) in [5.41, 5.74) is 4.53. The van der Waals surface area contributed by atoms with Crippen molar-refractivity contribution in [1.82, 2.24) is 5.43 Å². The topological polar surface area (TPSA) is 53.5 Å². The molecule has 0 aliphatic carbocycles. The Morgan fingerprint density at radius 2 is 1.91 bits per heavy atom. The maximum atomic E-state index is 13.4. The standard InChI is InChI=1S/C16H14Br2FN3O/c1-10-6-12(17)16(13(18)7-10)20-9-15(23)22-21-8-11-4-2-3-5-14(11)19/h2-8,20H,9H2,1H3,(H,22,23). The highest BCUT2D eigenvalue weighted by atomic mass is 79.9. The van der Waals surface area contributed by atoms with E-state index in [1.54, 1.807) is 18.2 Å². The largest absolute Gasteiger partial charge is 0.374 e. The number of anilines is 1. The number of hydrogen-bond donors (Lipinski definition) is 2. The summed E-state index contributed by atoms with van der Waals surface area (Å²) in [5.74, 6) is -0.729. The number of benzene rings is 2. The molecule has 120 valence electrons. The summed E-state index contributed by atoms with van der Waals surface area (Å²) in [5, 5.41) is 6.76. The minimum Gasteiger partial charge on any atom is -0.374 e. The smallest absolute Gasteiger partial charge is 0.259 e. The van der Waals surface area contributed by atoms with Gasteiger partial charge in [0.25, 0.3) is 5.91 Å². The Morgan fingerprint density at radius 1 is 1.26 bits per heavy atom. The first-order valence-corrected chi connectivity index (χ1v) is 8.32. The fourth-order valence-electron chi connectivity index (χ4n) is 1.83. The maximum Gasteiger partial charge on any atom is 0.259 e. The van der Waals surface area contributed by atoms with Crippen LogP contribution in [0.25, 0.3) is 0 Å². The van der Waals surface area contributed by atoms with Gasteiger partial charge in [0.15, 0.2) is 0 Å². The normalized spacial score (nSPS) is 10.8. The predicted molar refractivity (Wildman–Crippen MR) is 97.2 cm³/mol. The van der Waals surface area contributed by atoms with Crippen molar-refractivity contribution >= 4 is 49.7 Å². The zero-order valence-corrected chi connectivity index (χ0v) is 15.4. The molecule has 0 aromatic heterocycles. The Morgan fingerprint density at radius 3 is 2.57 bits per heavy atom. The van der Waals surface area contributed by atoms with E-state index in [0.29, 0.717) is 5.56 Å². The van der Waals surface area contributed by atoms with Gasteiger partial charge in [-0.3, -0.25) is 4.79 Å². The van der Waals surface area contributed by atoms with Crippen LogP contribution in [0.1, 0.15) is 11.1 Å². The third kappa shape index (κ3) is 5.14. The number of aryl methyl sites for hydroxylation is 1. The minimum absolute atomic E-state index is 0.0366. The number of hydrazone groups is 1. The summed E-state index contributed by atoms with van der Waals surface area (Å²) < 4.78 is 15.1. The molecule has 2 aromatic rings. The van der Waals surface area contributed by atoms with Crippen molar-refractivity contribution in [3.8, 4) is 0 Å². The second-order valence-electron chi connectivity index (χ2n) is 4.77. The zero-order valence-electron chi connectivity index (χ0n) is 12.2. The monoisotopic (exact) mass is 441 g/mol. The molecule has 0 saturated heterocycles. The number of nitrogens with zero attached hydrogens (tertiary/aromatic N) is 1. The Bertz CT molecular complexity index is 727. The lowest BCUT2D eigenvalue weighted by atomic mass is 10.2. The fraction of sp³-hybridized carbons (Fsp3) is 0.125. The van der Waals surface area contributed by atoms with Gasteiger partial charge in [0.2, 0.25) is 0 Å². The predicted octanol–water partition coefficient (Wildman–Crippen LogP) is 4.22. The molecule has 2 aromatic carbocycles. The Balaban J connectivity index is 1.90. The third-order valence-corrected chi connectivity index (χ3v) is 4.16. The summed E-state index contributed by atoms with van der Waals surface area (Å²) in [6, 6.07) is 10.1. The van der Waals surface area contributed by atoms with Crippen molar-refractivity contribution in [1.29, 1.82) is 0 Å². The first kappa shape index (κ1) is 17.6. The van der Waals surface area contributed by atoms with E-state index in [9.17, 15) is 9.18 Å². The molecule has 0 radical (unpaired) electrons. The summed E-state index contributed by atoms with van der Waals surface area (Å²) in [6.07, 6.45) is 1.27. The van der Waals surface area contributed by atoms with Gasteiger partial charge in [-0.1, -0.05) is 18.2 Å². The molecule has 0 aliphatic heterocycles.